The van der Waals surface area contributed by atoms with Crippen LogP contribution in [0.25, 0.3) is 6.08 Å². The molecule has 0 atom stereocenters. The highest BCUT2D eigenvalue weighted by Crippen LogP contribution is 2.38. The van der Waals surface area contributed by atoms with Crippen LogP contribution in [0.4, 0.5) is 5.69 Å². The number of thioether (sulfide) groups is 1. The molecule has 1 aliphatic heterocycles. The van der Waals surface area contributed by atoms with Gasteiger partial charge in [-0.25, -0.2) is 9.79 Å². The number of amides is 1. The van der Waals surface area contributed by atoms with Gasteiger partial charge in [-0.15, -0.1) is 0 Å². The maximum absolute atomic E-state index is 12.9. The monoisotopic (exact) mass is 682 g/mol. The van der Waals surface area contributed by atoms with Crippen LogP contribution in [-0.2, 0) is 11.4 Å². The van der Waals surface area contributed by atoms with E-state index in [1.165, 1.54) is 28.8 Å². The maximum atomic E-state index is 12.9. The van der Waals surface area contributed by atoms with Gasteiger partial charge in [0.1, 0.15) is 6.61 Å². The first-order valence-corrected chi connectivity index (χ1v) is 13.9. The second-order valence-electron chi connectivity index (χ2n) is 8.02. The number of likely N-dealkylation sites (N-methyl/N-ethyl adjacent to an activating group) is 1. The molecule has 1 saturated heterocycles. The minimum atomic E-state index is -1.01. The van der Waals surface area contributed by atoms with Crippen molar-refractivity contribution in [2.75, 3.05) is 13.7 Å². The van der Waals surface area contributed by atoms with Crippen LogP contribution in [-0.4, -0.2) is 40.7 Å². The van der Waals surface area contributed by atoms with Crippen molar-refractivity contribution in [1.29, 1.82) is 0 Å². The summed E-state index contributed by atoms with van der Waals surface area (Å²) in [4.78, 5) is 30.5. The molecule has 0 saturated carbocycles. The molecule has 196 valence electrons. The van der Waals surface area contributed by atoms with E-state index in [9.17, 15) is 9.59 Å². The van der Waals surface area contributed by atoms with Crippen molar-refractivity contribution in [1.82, 2.24) is 4.90 Å². The molecule has 0 bridgehead atoms. The van der Waals surface area contributed by atoms with E-state index in [2.05, 4.69) is 27.6 Å². The van der Waals surface area contributed by atoms with E-state index < -0.39 is 5.97 Å². The molecule has 0 spiro atoms. The third-order valence-electron chi connectivity index (χ3n) is 5.34. The van der Waals surface area contributed by atoms with Gasteiger partial charge in [0.15, 0.2) is 16.7 Å². The van der Waals surface area contributed by atoms with E-state index in [0.717, 1.165) is 14.7 Å². The van der Waals surface area contributed by atoms with Crippen LogP contribution in [0.1, 0.15) is 28.4 Å². The summed E-state index contributed by atoms with van der Waals surface area (Å²) < 4.78 is 12.8. The number of carboxylic acids is 1. The standard InChI is InChI=1S/C27H21Cl2IN2O5S/c1-3-36-22-12-16(11-21(30)24(22)37-14-15-4-9-19(28)20(29)10-15)13-23-25(33)32(2)27(38-23)31-18-7-5-17(6-8-18)26(34)35/h4-13H,3,14H2,1-2H3,(H,34,35). The Morgan fingerprint density at radius 2 is 1.84 bits per heavy atom. The smallest absolute Gasteiger partial charge is 0.335 e. The van der Waals surface area contributed by atoms with Gasteiger partial charge < -0.3 is 14.6 Å². The number of carbonyl (C=O) groups is 2. The summed E-state index contributed by atoms with van der Waals surface area (Å²) in [7, 11) is 1.65. The Morgan fingerprint density at radius 1 is 1.11 bits per heavy atom. The zero-order valence-corrected chi connectivity index (χ0v) is 24.7. The summed E-state index contributed by atoms with van der Waals surface area (Å²) >= 11 is 15.5. The molecule has 1 heterocycles. The lowest BCUT2D eigenvalue weighted by atomic mass is 10.1. The summed E-state index contributed by atoms with van der Waals surface area (Å²) in [6.45, 7) is 2.60. The molecular formula is C27H21Cl2IN2O5S. The predicted octanol–water partition coefficient (Wildman–Crippen LogP) is 7.51. The first-order chi connectivity index (χ1) is 18.2. The average molecular weight is 683 g/mol. The van der Waals surface area contributed by atoms with Crippen molar-refractivity contribution < 1.29 is 24.2 Å². The third kappa shape index (κ3) is 6.63. The number of carbonyl (C=O) groups excluding carboxylic acids is 1. The summed E-state index contributed by atoms with van der Waals surface area (Å²) in [6.07, 6.45) is 1.78. The normalized spacial score (nSPS) is 15.4. The molecule has 0 unspecified atom stereocenters. The number of carboxylic acid groups (broad SMARTS) is 1. The van der Waals surface area contributed by atoms with Crippen molar-refractivity contribution in [2.45, 2.75) is 13.5 Å². The molecule has 38 heavy (non-hydrogen) atoms. The summed E-state index contributed by atoms with van der Waals surface area (Å²) in [6, 6.07) is 15.2. The van der Waals surface area contributed by atoms with Crippen LogP contribution < -0.4 is 9.47 Å². The summed E-state index contributed by atoms with van der Waals surface area (Å²) in [5.74, 6) is -0.0506. The minimum Gasteiger partial charge on any atom is -0.490 e. The lowest BCUT2D eigenvalue weighted by molar-refractivity contribution is -0.121. The summed E-state index contributed by atoms with van der Waals surface area (Å²) in [5, 5.41) is 10.5. The van der Waals surface area contributed by atoms with E-state index in [1.807, 2.05) is 25.1 Å². The van der Waals surface area contributed by atoms with E-state index in [0.29, 0.717) is 43.9 Å². The van der Waals surface area contributed by atoms with E-state index in [1.54, 1.807) is 37.4 Å². The Hall–Kier alpha value is -2.73. The van der Waals surface area contributed by atoms with Gasteiger partial charge >= 0.3 is 5.97 Å². The molecule has 4 rings (SSSR count). The van der Waals surface area contributed by atoms with Crippen molar-refractivity contribution in [3.8, 4) is 11.5 Å². The first-order valence-electron chi connectivity index (χ1n) is 11.3. The average Bonchev–Trinajstić information content (AvgIpc) is 3.13. The van der Waals surface area contributed by atoms with Crippen molar-refractivity contribution in [3.63, 3.8) is 0 Å². The molecule has 1 amide bonds. The molecule has 7 nitrogen and oxygen atoms in total. The molecule has 1 aliphatic rings. The third-order valence-corrected chi connectivity index (χ3v) is 7.94. The van der Waals surface area contributed by atoms with Crippen LogP contribution in [0.15, 0.2) is 64.5 Å². The number of hydrogen-bond acceptors (Lipinski definition) is 6. The largest absolute Gasteiger partial charge is 0.490 e. The topological polar surface area (TPSA) is 88.4 Å². The van der Waals surface area contributed by atoms with Gasteiger partial charge in [0.05, 0.1) is 36.4 Å². The molecule has 3 aromatic rings. The van der Waals surface area contributed by atoms with E-state index in [4.69, 9.17) is 37.8 Å². The van der Waals surface area contributed by atoms with Crippen LogP contribution in [0.3, 0.4) is 0 Å². The van der Waals surface area contributed by atoms with Crippen LogP contribution in [0, 0.1) is 3.57 Å². The first kappa shape index (κ1) is 28.3. The van der Waals surface area contributed by atoms with Crippen molar-refractivity contribution in [2.24, 2.45) is 4.99 Å². The number of hydrogen-bond donors (Lipinski definition) is 1. The molecular weight excluding hydrogens is 662 g/mol. The Balaban J connectivity index is 1.57. The zero-order valence-electron chi connectivity index (χ0n) is 20.2. The second kappa shape index (κ2) is 12.4. The number of halogens is 3. The number of benzene rings is 3. The number of ether oxygens (including phenoxy) is 2. The Morgan fingerprint density at radius 3 is 2.50 bits per heavy atom. The predicted molar refractivity (Wildman–Crippen MR) is 160 cm³/mol. The van der Waals surface area contributed by atoms with Crippen LogP contribution in [0.2, 0.25) is 10.0 Å². The van der Waals surface area contributed by atoms with E-state index >= 15 is 0 Å². The Bertz CT molecular complexity index is 1460. The number of amidine groups is 1. The highest BCUT2D eigenvalue weighted by atomic mass is 127. The van der Waals surface area contributed by atoms with Gasteiger partial charge in [0, 0.05) is 7.05 Å². The van der Waals surface area contributed by atoms with Gasteiger partial charge in [0.25, 0.3) is 5.91 Å². The molecule has 0 aromatic heterocycles. The highest BCUT2D eigenvalue weighted by molar-refractivity contribution is 14.1. The van der Waals surface area contributed by atoms with Gasteiger partial charge in [-0.2, -0.15) is 0 Å². The number of nitrogens with zero attached hydrogens (tertiary/aromatic N) is 2. The molecule has 1 N–H and O–H groups in total. The lowest BCUT2D eigenvalue weighted by Crippen LogP contribution is -2.23. The SMILES string of the molecule is CCOc1cc(C=C2SC(=Nc3ccc(C(=O)O)cc3)N(C)C2=O)cc(I)c1OCc1ccc(Cl)c(Cl)c1. The number of aromatic carboxylic acids is 1. The minimum absolute atomic E-state index is 0.169. The van der Waals surface area contributed by atoms with Gasteiger partial charge in [-0.3, -0.25) is 9.69 Å². The van der Waals surface area contributed by atoms with Crippen molar-refractivity contribution >= 4 is 86.4 Å². The maximum Gasteiger partial charge on any atom is 0.335 e. The Labute approximate surface area is 247 Å². The molecule has 11 heteroatoms. The fourth-order valence-corrected chi connectivity index (χ4v) is 5.54. The fourth-order valence-electron chi connectivity index (χ4n) is 3.45. The zero-order chi connectivity index (χ0) is 27.4. The Kier molecular flexibility index (Phi) is 9.24. The highest BCUT2D eigenvalue weighted by Gasteiger charge is 2.30. The molecule has 3 aromatic carbocycles. The number of aliphatic imine (C=N–C) groups is 1. The molecule has 0 radical (unpaired) electrons. The molecule has 0 aliphatic carbocycles. The second-order valence-corrected chi connectivity index (χ2v) is 11.0. The van der Waals surface area contributed by atoms with Gasteiger partial charge in [-0.1, -0.05) is 29.3 Å². The fraction of sp³-hybridized carbons (Fsp3) is 0.148. The van der Waals surface area contributed by atoms with Crippen LogP contribution >= 0.6 is 57.6 Å². The van der Waals surface area contributed by atoms with E-state index in [-0.39, 0.29) is 18.1 Å². The number of rotatable bonds is 8. The quantitative estimate of drug-likeness (QED) is 0.196. The van der Waals surface area contributed by atoms with Crippen molar-refractivity contribution in [3.05, 3.63) is 89.8 Å². The molecule has 1 fully saturated rings. The van der Waals surface area contributed by atoms with Gasteiger partial charge in [0.2, 0.25) is 0 Å². The summed E-state index contributed by atoms with van der Waals surface area (Å²) in [5.41, 5.74) is 2.36. The van der Waals surface area contributed by atoms with Gasteiger partial charge in [-0.05, 0) is 107 Å². The lowest BCUT2D eigenvalue weighted by Gasteiger charge is -2.15. The van der Waals surface area contributed by atoms with Crippen LogP contribution in [0.5, 0.6) is 11.5 Å².